The predicted molar refractivity (Wildman–Crippen MR) is 101 cm³/mol. The minimum absolute atomic E-state index is 0.144. The van der Waals surface area contributed by atoms with Crippen molar-refractivity contribution in [2.45, 2.75) is 43.9 Å². The first-order chi connectivity index (χ1) is 13.7. The third-order valence-corrected chi connectivity index (χ3v) is 6.59. The average molecular weight is 383 g/mol. The summed E-state index contributed by atoms with van der Waals surface area (Å²) in [5.41, 5.74) is 6.36. The highest BCUT2D eigenvalue weighted by molar-refractivity contribution is 5.66. The molecule has 146 valence electrons. The molecule has 8 nitrogen and oxygen atoms in total. The van der Waals surface area contributed by atoms with Crippen LogP contribution in [0.1, 0.15) is 25.7 Å². The summed E-state index contributed by atoms with van der Waals surface area (Å²) in [6.45, 7) is 2.24. The maximum Gasteiger partial charge on any atom is 0.228 e. The Morgan fingerprint density at radius 3 is 2.46 bits per heavy atom. The summed E-state index contributed by atoms with van der Waals surface area (Å²) in [7, 11) is 0. The second-order valence-electron chi connectivity index (χ2n) is 8.32. The smallest absolute Gasteiger partial charge is 0.228 e. The van der Waals surface area contributed by atoms with Crippen LogP contribution >= 0.6 is 0 Å². The minimum Gasteiger partial charge on any atom is -0.374 e. The van der Waals surface area contributed by atoms with E-state index in [1.54, 1.807) is 0 Å². The van der Waals surface area contributed by atoms with Gasteiger partial charge < -0.3 is 20.3 Å². The van der Waals surface area contributed by atoms with Crippen LogP contribution < -0.4 is 15.5 Å². The number of piperidine rings is 1. The van der Waals surface area contributed by atoms with Gasteiger partial charge in [-0.1, -0.05) is 0 Å². The van der Waals surface area contributed by atoms with Crippen LogP contribution in [-0.2, 0) is 4.74 Å². The molecular formula is C19H22FN7O. The maximum atomic E-state index is 15.6. The highest BCUT2D eigenvalue weighted by atomic mass is 19.1. The summed E-state index contributed by atoms with van der Waals surface area (Å²) >= 11 is 0. The third-order valence-electron chi connectivity index (χ3n) is 6.59. The van der Waals surface area contributed by atoms with Crippen molar-refractivity contribution in [2.24, 2.45) is 5.92 Å². The van der Waals surface area contributed by atoms with Gasteiger partial charge in [0.15, 0.2) is 11.6 Å². The molecule has 2 aromatic rings. The summed E-state index contributed by atoms with van der Waals surface area (Å²) in [6, 6.07) is 0.630. The number of hydrogen-bond acceptors (Lipinski definition) is 8. The number of aromatic nitrogens is 4. The molecule has 1 saturated carbocycles. The topological polar surface area (TPSA) is 93.3 Å². The number of anilines is 3. The van der Waals surface area contributed by atoms with Crippen LogP contribution in [0.15, 0.2) is 12.4 Å². The van der Waals surface area contributed by atoms with Gasteiger partial charge in [0.25, 0.3) is 0 Å². The number of halogens is 1. The van der Waals surface area contributed by atoms with Crippen molar-refractivity contribution >= 4 is 17.7 Å². The second kappa shape index (κ2) is 5.97. The molecule has 0 unspecified atom stereocenters. The Kier molecular flexibility index (Phi) is 3.50. The van der Waals surface area contributed by atoms with Gasteiger partial charge >= 0.3 is 0 Å². The van der Waals surface area contributed by atoms with Crippen LogP contribution in [0.2, 0.25) is 0 Å². The summed E-state index contributed by atoms with van der Waals surface area (Å²) in [5.74, 6) is 1.43. The van der Waals surface area contributed by atoms with Gasteiger partial charge in [-0.2, -0.15) is 4.98 Å². The average Bonchev–Trinajstić information content (AvgIpc) is 3.31. The summed E-state index contributed by atoms with van der Waals surface area (Å²) < 4.78 is 21.4. The zero-order valence-corrected chi connectivity index (χ0v) is 15.5. The SMILES string of the molecule is Nc1ncc(-c2nc(N3CC4CC3C4)nc(N3C[C@@H]4CC[C@H]3CO4)c2F)cn1. The van der Waals surface area contributed by atoms with E-state index in [4.69, 9.17) is 15.5 Å². The van der Waals surface area contributed by atoms with E-state index in [1.165, 1.54) is 25.2 Å². The van der Waals surface area contributed by atoms with Gasteiger partial charge in [-0.25, -0.2) is 19.3 Å². The van der Waals surface area contributed by atoms with Crippen molar-refractivity contribution in [1.82, 2.24) is 19.9 Å². The maximum absolute atomic E-state index is 15.6. The van der Waals surface area contributed by atoms with Crippen molar-refractivity contribution in [2.75, 3.05) is 35.2 Å². The fourth-order valence-corrected chi connectivity index (χ4v) is 4.98. The predicted octanol–water partition coefficient (Wildman–Crippen LogP) is 1.62. The molecule has 2 aromatic heterocycles. The number of nitrogen functional groups attached to an aromatic ring is 1. The Hall–Kier alpha value is -2.55. The molecule has 5 saturated heterocycles. The Morgan fingerprint density at radius 1 is 1.04 bits per heavy atom. The molecule has 0 aromatic carbocycles. The van der Waals surface area contributed by atoms with E-state index < -0.39 is 5.82 Å². The van der Waals surface area contributed by atoms with Crippen LogP contribution in [0.3, 0.4) is 0 Å². The van der Waals surface area contributed by atoms with E-state index >= 15 is 4.39 Å². The lowest BCUT2D eigenvalue weighted by atomic mass is 9.86. The number of nitrogens with zero attached hydrogens (tertiary/aromatic N) is 6. The zero-order chi connectivity index (χ0) is 18.8. The summed E-state index contributed by atoms with van der Waals surface area (Å²) in [6.07, 6.45) is 7.57. The molecule has 2 atom stereocenters. The van der Waals surface area contributed by atoms with Gasteiger partial charge in [0.05, 0.1) is 18.8 Å². The van der Waals surface area contributed by atoms with Crippen LogP contribution in [0.25, 0.3) is 11.3 Å². The molecular weight excluding hydrogens is 361 g/mol. The molecule has 7 heterocycles. The molecule has 0 spiro atoms. The van der Waals surface area contributed by atoms with Gasteiger partial charge in [-0.05, 0) is 31.6 Å². The molecule has 1 aliphatic carbocycles. The van der Waals surface area contributed by atoms with Crippen molar-refractivity contribution in [3.05, 3.63) is 18.2 Å². The molecule has 0 amide bonds. The van der Waals surface area contributed by atoms with E-state index in [9.17, 15) is 0 Å². The third kappa shape index (κ3) is 2.45. The standard InChI is InChI=1S/C19H22FN7O/c20-15-16(11-5-22-18(21)23-6-11)24-19(27-7-10-3-13(27)4-10)25-17(15)26-8-14-2-1-12(26)9-28-14/h5-6,10,12-14H,1-4,7-9H2,(H2,21,22,23)/t10?,12-,13?,14-/m0/s1. The van der Waals surface area contributed by atoms with Crippen LogP contribution in [-0.4, -0.2) is 57.8 Å². The molecule has 2 N–H and O–H groups in total. The van der Waals surface area contributed by atoms with Gasteiger partial charge in [0, 0.05) is 37.1 Å². The Morgan fingerprint density at radius 2 is 1.86 bits per heavy atom. The van der Waals surface area contributed by atoms with Gasteiger partial charge in [-0.15, -0.1) is 0 Å². The van der Waals surface area contributed by atoms with Crippen molar-refractivity contribution in [1.29, 1.82) is 0 Å². The minimum atomic E-state index is -0.420. The number of hydrogen-bond donors (Lipinski definition) is 1. The van der Waals surface area contributed by atoms with E-state index in [1.807, 2.05) is 0 Å². The van der Waals surface area contributed by atoms with Crippen LogP contribution in [0, 0.1) is 11.7 Å². The lowest BCUT2D eigenvalue weighted by Gasteiger charge is -2.45. The fraction of sp³-hybridized carbons (Fsp3) is 0.579. The van der Waals surface area contributed by atoms with Crippen molar-refractivity contribution < 1.29 is 9.13 Å². The molecule has 4 bridgehead atoms. The second-order valence-corrected chi connectivity index (χ2v) is 8.32. The van der Waals surface area contributed by atoms with Crippen molar-refractivity contribution in [3.8, 4) is 11.3 Å². The van der Waals surface area contributed by atoms with E-state index in [0.717, 1.165) is 19.4 Å². The van der Waals surface area contributed by atoms with Gasteiger partial charge in [-0.3, -0.25) is 0 Å². The molecule has 28 heavy (non-hydrogen) atoms. The number of ether oxygens (including phenoxy) is 1. The number of morpholine rings is 1. The van der Waals surface area contributed by atoms with E-state index in [-0.39, 0.29) is 23.8 Å². The van der Waals surface area contributed by atoms with E-state index in [0.29, 0.717) is 42.4 Å². The molecule has 6 aliphatic rings. The number of fused-ring (bicyclic) bond motifs is 4. The Bertz CT molecular complexity index is 909. The molecule has 9 heteroatoms. The molecule has 0 radical (unpaired) electrons. The Balaban J connectivity index is 1.47. The monoisotopic (exact) mass is 383 g/mol. The quantitative estimate of drug-likeness (QED) is 0.855. The van der Waals surface area contributed by atoms with Gasteiger partial charge in [0.2, 0.25) is 11.9 Å². The highest BCUT2D eigenvalue weighted by Gasteiger charge is 2.45. The van der Waals surface area contributed by atoms with Crippen molar-refractivity contribution in [3.63, 3.8) is 0 Å². The van der Waals surface area contributed by atoms with Crippen LogP contribution in [0.5, 0.6) is 0 Å². The first-order valence-corrected chi connectivity index (χ1v) is 9.96. The normalized spacial score (nSPS) is 30.6. The number of nitrogens with two attached hydrogens (primary N) is 1. The lowest BCUT2D eigenvalue weighted by Crippen LogP contribution is -2.55. The first kappa shape index (κ1) is 16.4. The van der Waals surface area contributed by atoms with Crippen LogP contribution in [0.4, 0.5) is 22.1 Å². The fourth-order valence-electron chi connectivity index (χ4n) is 4.98. The molecule has 6 fully saturated rings. The number of rotatable bonds is 3. The lowest BCUT2D eigenvalue weighted by molar-refractivity contribution is -0.0231. The summed E-state index contributed by atoms with van der Waals surface area (Å²) in [4.78, 5) is 21.7. The highest BCUT2D eigenvalue weighted by Crippen LogP contribution is 2.43. The largest absolute Gasteiger partial charge is 0.374 e. The van der Waals surface area contributed by atoms with E-state index in [2.05, 4.69) is 24.8 Å². The molecule has 5 aliphatic heterocycles. The molecule has 8 rings (SSSR count). The first-order valence-electron chi connectivity index (χ1n) is 9.96. The Labute approximate surface area is 161 Å². The zero-order valence-electron chi connectivity index (χ0n) is 15.5. The van der Waals surface area contributed by atoms with Gasteiger partial charge in [0.1, 0.15) is 5.69 Å². The summed E-state index contributed by atoms with van der Waals surface area (Å²) in [5, 5.41) is 0.